The Morgan fingerprint density at radius 3 is 2.91 bits per heavy atom. The van der Waals surface area contributed by atoms with Crippen LogP contribution in [0.25, 0.3) is 0 Å². The van der Waals surface area contributed by atoms with Crippen LogP contribution in [0.3, 0.4) is 0 Å². The number of hydrogen-bond acceptors (Lipinski definition) is 4. The number of ether oxygens (including phenoxy) is 1. The molecule has 1 aromatic heterocycles. The van der Waals surface area contributed by atoms with Crippen LogP contribution in [-0.2, 0) is 11.2 Å². The van der Waals surface area contributed by atoms with E-state index in [2.05, 4.69) is 15.3 Å². The largest absolute Gasteiger partial charge is 0.488 e. The fraction of sp³-hybridized carbons (Fsp3) is 0.312. The Morgan fingerprint density at radius 2 is 2.14 bits per heavy atom. The smallest absolute Gasteiger partial charge is 0.220 e. The maximum Gasteiger partial charge on any atom is 0.220 e. The van der Waals surface area contributed by atoms with Gasteiger partial charge in [-0.15, -0.1) is 0 Å². The van der Waals surface area contributed by atoms with Crippen molar-refractivity contribution in [1.82, 2.24) is 15.3 Å². The molecular formula is C16H16FN3O2. The fourth-order valence-electron chi connectivity index (χ4n) is 2.55. The van der Waals surface area contributed by atoms with Crippen LogP contribution < -0.4 is 10.1 Å². The molecule has 2 aromatic rings. The minimum Gasteiger partial charge on any atom is -0.488 e. The van der Waals surface area contributed by atoms with Gasteiger partial charge < -0.3 is 10.1 Å². The maximum absolute atomic E-state index is 13.2. The molecular weight excluding hydrogens is 285 g/mol. The first-order valence-corrected chi connectivity index (χ1v) is 7.13. The molecule has 1 aromatic carbocycles. The average molecular weight is 301 g/mol. The van der Waals surface area contributed by atoms with Crippen molar-refractivity contribution in [2.75, 3.05) is 0 Å². The van der Waals surface area contributed by atoms with E-state index in [4.69, 9.17) is 4.74 Å². The summed E-state index contributed by atoms with van der Waals surface area (Å²) in [5.74, 6) is 0.0674. The molecule has 0 radical (unpaired) electrons. The van der Waals surface area contributed by atoms with E-state index in [1.165, 1.54) is 18.5 Å². The van der Waals surface area contributed by atoms with E-state index >= 15 is 0 Å². The zero-order valence-electron chi connectivity index (χ0n) is 12.1. The standard InChI is InChI=1S/C16H16FN3O2/c1-10-16(13-4-3-12(17)6-14(13)22-10)20-15(21)5-2-11-7-18-9-19-8-11/h3-4,6-10,16H,2,5H2,1H3,(H,20,21)/t10-,16+/m1/s1. The number of aryl methyl sites for hydroxylation is 1. The van der Waals surface area contributed by atoms with Crippen molar-refractivity contribution in [2.24, 2.45) is 0 Å². The number of benzene rings is 1. The molecule has 0 spiro atoms. The Kier molecular flexibility index (Phi) is 4.00. The number of rotatable bonds is 4. The average Bonchev–Trinajstić information content (AvgIpc) is 2.81. The van der Waals surface area contributed by atoms with Crippen LogP contribution in [0.15, 0.2) is 36.9 Å². The highest BCUT2D eigenvalue weighted by atomic mass is 19.1. The lowest BCUT2D eigenvalue weighted by atomic mass is 10.0. The summed E-state index contributed by atoms with van der Waals surface area (Å²) in [5, 5.41) is 2.95. The molecule has 0 saturated carbocycles. The van der Waals surface area contributed by atoms with Gasteiger partial charge in [-0.25, -0.2) is 14.4 Å². The van der Waals surface area contributed by atoms with E-state index in [0.29, 0.717) is 18.6 Å². The van der Waals surface area contributed by atoms with Gasteiger partial charge in [0.15, 0.2) is 0 Å². The third-order valence-electron chi connectivity index (χ3n) is 3.66. The molecule has 0 unspecified atom stereocenters. The van der Waals surface area contributed by atoms with Crippen molar-refractivity contribution < 1.29 is 13.9 Å². The van der Waals surface area contributed by atoms with E-state index in [1.807, 2.05) is 6.92 Å². The topological polar surface area (TPSA) is 64.1 Å². The van der Waals surface area contributed by atoms with Gasteiger partial charge >= 0.3 is 0 Å². The second-order valence-corrected chi connectivity index (χ2v) is 5.30. The van der Waals surface area contributed by atoms with Crippen LogP contribution in [0.4, 0.5) is 4.39 Å². The number of nitrogens with zero attached hydrogens (tertiary/aromatic N) is 2. The monoisotopic (exact) mass is 301 g/mol. The van der Waals surface area contributed by atoms with E-state index in [0.717, 1.165) is 11.1 Å². The number of carbonyl (C=O) groups excluding carboxylic acids is 1. The lowest BCUT2D eigenvalue weighted by Gasteiger charge is -2.16. The van der Waals surface area contributed by atoms with Crippen molar-refractivity contribution in [1.29, 1.82) is 0 Å². The molecule has 0 aliphatic carbocycles. The van der Waals surface area contributed by atoms with Gasteiger partial charge in [-0.2, -0.15) is 0 Å². The molecule has 2 heterocycles. The van der Waals surface area contributed by atoms with Gasteiger partial charge in [0.25, 0.3) is 0 Å². The molecule has 0 bridgehead atoms. The number of carbonyl (C=O) groups is 1. The third kappa shape index (κ3) is 3.05. The summed E-state index contributed by atoms with van der Waals surface area (Å²) in [6.45, 7) is 1.86. The SMILES string of the molecule is C[C@H]1Oc2cc(F)ccc2[C@H]1NC(=O)CCc1cncnc1. The summed E-state index contributed by atoms with van der Waals surface area (Å²) >= 11 is 0. The summed E-state index contributed by atoms with van der Waals surface area (Å²) in [6.07, 6.45) is 5.54. The van der Waals surface area contributed by atoms with Crippen LogP contribution in [0.1, 0.15) is 30.5 Å². The molecule has 2 atom stereocenters. The summed E-state index contributed by atoms with van der Waals surface area (Å²) in [7, 11) is 0. The highest BCUT2D eigenvalue weighted by Gasteiger charge is 2.32. The van der Waals surface area contributed by atoms with Crippen molar-refractivity contribution in [3.8, 4) is 5.75 Å². The van der Waals surface area contributed by atoms with E-state index in [9.17, 15) is 9.18 Å². The van der Waals surface area contributed by atoms with Crippen molar-refractivity contribution in [3.05, 3.63) is 53.9 Å². The van der Waals surface area contributed by atoms with Gasteiger partial charge in [0.1, 0.15) is 24.0 Å². The molecule has 0 saturated heterocycles. The molecule has 114 valence electrons. The third-order valence-corrected chi connectivity index (χ3v) is 3.66. The summed E-state index contributed by atoms with van der Waals surface area (Å²) < 4.78 is 18.8. The molecule has 0 fully saturated rings. The number of aromatic nitrogens is 2. The van der Waals surface area contributed by atoms with Gasteiger partial charge in [0, 0.05) is 30.4 Å². The van der Waals surface area contributed by atoms with Gasteiger partial charge in [-0.1, -0.05) is 6.07 Å². The molecule has 1 aliphatic heterocycles. The van der Waals surface area contributed by atoms with Crippen LogP contribution in [-0.4, -0.2) is 22.0 Å². The molecule has 5 nitrogen and oxygen atoms in total. The second kappa shape index (κ2) is 6.09. The van der Waals surface area contributed by atoms with Crippen LogP contribution >= 0.6 is 0 Å². The molecule has 22 heavy (non-hydrogen) atoms. The Balaban J connectivity index is 1.62. The van der Waals surface area contributed by atoms with Crippen molar-refractivity contribution in [2.45, 2.75) is 31.9 Å². The van der Waals surface area contributed by atoms with E-state index < -0.39 is 0 Å². The zero-order valence-corrected chi connectivity index (χ0v) is 12.1. The van der Waals surface area contributed by atoms with Gasteiger partial charge in [-0.3, -0.25) is 4.79 Å². The van der Waals surface area contributed by atoms with Gasteiger partial charge in [0.2, 0.25) is 5.91 Å². The first-order valence-electron chi connectivity index (χ1n) is 7.13. The molecule has 1 amide bonds. The normalized spacial score (nSPS) is 19.4. The predicted molar refractivity (Wildman–Crippen MR) is 77.7 cm³/mol. The Labute approximate surface area is 127 Å². The Hall–Kier alpha value is -2.50. The van der Waals surface area contributed by atoms with Gasteiger partial charge in [0.05, 0.1) is 6.04 Å². The second-order valence-electron chi connectivity index (χ2n) is 5.30. The molecule has 6 heteroatoms. The lowest BCUT2D eigenvalue weighted by molar-refractivity contribution is -0.122. The summed E-state index contributed by atoms with van der Waals surface area (Å²) in [4.78, 5) is 19.9. The molecule has 1 N–H and O–H groups in total. The van der Waals surface area contributed by atoms with Crippen molar-refractivity contribution >= 4 is 5.91 Å². The fourth-order valence-corrected chi connectivity index (χ4v) is 2.55. The first-order chi connectivity index (χ1) is 10.6. The van der Waals surface area contributed by atoms with Crippen LogP contribution in [0.2, 0.25) is 0 Å². The summed E-state index contributed by atoms with van der Waals surface area (Å²) in [6, 6.07) is 4.12. The Morgan fingerprint density at radius 1 is 1.36 bits per heavy atom. The predicted octanol–water partition coefficient (Wildman–Crippen LogP) is 2.19. The lowest BCUT2D eigenvalue weighted by Crippen LogP contribution is -2.34. The maximum atomic E-state index is 13.2. The first kappa shape index (κ1) is 14.4. The molecule has 3 rings (SSSR count). The highest BCUT2D eigenvalue weighted by molar-refractivity contribution is 5.77. The number of fused-ring (bicyclic) bond motifs is 1. The van der Waals surface area contributed by atoms with Crippen LogP contribution in [0, 0.1) is 5.82 Å². The number of nitrogens with one attached hydrogen (secondary N) is 1. The minimum absolute atomic E-state index is 0.0820. The zero-order chi connectivity index (χ0) is 15.5. The van der Waals surface area contributed by atoms with E-state index in [-0.39, 0.29) is 23.9 Å². The number of amides is 1. The van der Waals surface area contributed by atoms with E-state index in [1.54, 1.807) is 18.5 Å². The highest BCUT2D eigenvalue weighted by Crippen LogP contribution is 2.36. The van der Waals surface area contributed by atoms with Crippen molar-refractivity contribution in [3.63, 3.8) is 0 Å². The minimum atomic E-state index is -0.345. The van der Waals surface area contributed by atoms with Crippen LogP contribution in [0.5, 0.6) is 5.75 Å². The molecule has 1 aliphatic rings. The Bertz CT molecular complexity index is 678. The summed E-state index contributed by atoms with van der Waals surface area (Å²) in [5.41, 5.74) is 1.72. The number of halogens is 1. The number of hydrogen-bond donors (Lipinski definition) is 1. The quantitative estimate of drug-likeness (QED) is 0.940. The van der Waals surface area contributed by atoms with Gasteiger partial charge in [-0.05, 0) is 25.0 Å².